The fourth-order valence-electron chi connectivity index (χ4n) is 3.92. The normalized spacial score (nSPS) is 15.6. The van der Waals surface area contributed by atoms with Crippen molar-refractivity contribution >= 4 is 40.4 Å². The van der Waals surface area contributed by atoms with E-state index in [1.807, 2.05) is 19.1 Å². The first kappa shape index (κ1) is 22.7. The number of thioether (sulfide) groups is 1. The van der Waals surface area contributed by atoms with Crippen LogP contribution in [0.3, 0.4) is 0 Å². The van der Waals surface area contributed by atoms with Crippen LogP contribution in [0.25, 0.3) is 11.2 Å². The molecule has 7 nitrogen and oxygen atoms in total. The number of rotatable bonds is 7. The summed E-state index contributed by atoms with van der Waals surface area (Å²) >= 11 is 7.32. The predicted molar refractivity (Wildman–Crippen MR) is 127 cm³/mol. The van der Waals surface area contributed by atoms with Crippen LogP contribution in [0.4, 0.5) is 0 Å². The summed E-state index contributed by atoms with van der Waals surface area (Å²) in [5.74, 6) is -0.00376. The van der Waals surface area contributed by atoms with Crippen molar-refractivity contribution in [2.45, 2.75) is 68.4 Å². The van der Waals surface area contributed by atoms with Crippen LogP contribution in [-0.2, 0) is 11.3 Å². The Bertz CT molecular complexity index is 1150. The number of benzene rings is 1. The summed E-state index contributed by atoms with van der Waals surface area (Å²) in [6.45, 7) is 2.28. The van der Waals surface area contributed by atoms with Gasteiger partial charge in [0.15, 0.2) is 16.3 Å². The van der Waals surface area contributed by atoms with E-state index in [1.165, 1.54) is 30.6 Å². The number of aromatic nitrogens is 4. The molecule has 1 amide bonds. The van der Waals surface area contributed by atoms with Crippen molar-refractivity contribution < 1.29 is 4.79 Å². The summed E-state index contributed by atoms with van der Waals surface area (Å²) in [7, 11) is 0. The van der Waals surface area contributed by atoms with E-state index in [0.29, 0.717) is 23.1 Å². The van der Waals surface area contributed by atoms with Gasteiger partial charge in [-0.15, -0.1) is 0 Å². The van der Waals surface area contributed by atoms with Gasteiger partial charge in [-0.3, -0.25) is 14.2 Å². The topological polar surface area (TPSA) is 89.8 Å². The molecular weight excluding hydrogens is 446 g/mol. The van der Waals surface area contributed by atoms with E-state index in [1.54, 1.807) is 16.7 Å². The lowest BCUT2D eigenvalue weighted by Gasteiger charge is -2.25. The monoisotopic (exact) mass is 471 g/mol. The Morgan fingerprint density at radius 1 is 1.19 bits per heavy atom. The van der Waals surface area contributed by atoms with Crippen LogP contribution in [0.2, 0.25) is 5.02 Å². The lowest BCUT2D eigenvalue weighted by molar-refractivity contribution is -0.121. The molecule has 4 rings (SSSR count). The first-order valence-electron chi connectivity index (χ1n) is 11.0. The zero-order valence-corrected chi connectivity index (χ0v) is 19.5. The molecule has 3 aromatic rings. The Labute approximate surface area is 196 Å². The molecule has 1 aromatic carbocycles. The molecule has 2 aromatic heterocycles. The van der Waals surface area contributed by atoms with Gasteiger partial charge >= 0.3 is 0 Å². The molecule has 1 atom stereocenters. The minimum absolute atomic E-state index is 0.00376. The lowest BCUT2D eigenvalue weighted by Crippen LogP contribution is -2.41. The molecular formula is C23H26ClN5O2S. The zero-order valence-electron chi connectivity index (χ0n) is 18.0. The van der Waals surface area contributed by atoms with Gasteiger partial charge in [0.1, 0.15) is 0 Å². The van der Waals surface area contributed by atoms with Gasteiger partial charge in [0.25, 0.3) is 5.56 Å². The van der Waals surface area contributed by atoms with Gasteiger partial charge in [0, 0.05) is 23.5 Å². The molecule has 168 valence electrons. The summed E-state index contributed by atoms with van der Waals surface area (Å²) in [6, 6.07) is 7.55. The van der Waals surface area contributed by atoms with Crippen LogP contribution in [0, 0.1) is 0 Å². The van der Waals surface area contributed by atoms with Crippen molar-refractivity contribution in [1.29, 1.82) is 0 Å². The van der Waals surface area contributed by atoms with Crippen LogP contribution in [-0.4, -0.2) is 36.7 Å². The summed E-state index contributed by atoms with van der Waals surface area (Å²) in [5.41, 5.74) is 1.13. The van der Waals surface area contributed by atoms with Gasteiger partial charge in [-0.1, -0.05) is 61.7 Å². The highest BCUT2D eigenvalue weighted by atomic mass is 35.5. The van der Waals surface area contributed by atoms with E-state index < -0.39 is 0 Å². The van der Waals surface area contributed by atoms with Crippen molar-refractivity contribution in [1.82, 2.24) is 24.8 Å². The molecule has 9 heteroatoms. The average Bonchev–Trinajstić information content (AvgIpc) is 2.81. The quantitative estimate of drug-likeness (QED) is 0.410. The third kappa shape index (κ3) is 5.30. The Morgan fingerprint density at radius 3 is 2.62 bits per heavy atom. The third-order valence-corrected chi connectivity index (χ3v) is 7.28. The number of nitrogens with one attached hydrogen (secondary N) is 1. The highest BCUT2D eigenvalue weighted by Gasteiger charge is 2.25. The number of carbonyl (C=O) groups is 1. The molecule has 0 aliphatic heterocycles. The van der Waals surface area contributed by atoms with E-state index in [2.05, 4.69) is 20.3 Å². The van der Waals surface area contributed by atoms with Gasteiger partial charge < -0.3 is 5.32 Å². The van der Waals surface area contributed by atoms with Gasteiger partial charge in [-0.05, 0) is 37.0 Å². The molecule has 1 saturated carbocycles. The summed E-state index contributed by atoms with van der Waals surface area (Å²) < 4.78 is 1.57. The van der Waals surface area contributed by atoms with Crippen LogP contribution in [0.5, 0.6) is 0 Å². The SMILES string of the molecule is CC[C@H](Sc1nc2nccnc2c(=O)n1Cc1ccc(Cl)cc1)C(=O)NC1CCCCC1. The van der Waals surface area contributed by atoms with Crippen LogP contribution in [0.1, 0.15) is 51.0 Å². The van der Waals surface area contributed by atoms with Gasteiger partial charge in [0.2, 0.25) is 5.91 Å². The second-order valence-corrected chi connectivity index (χ2v) is 9.61. The minimum atomic E-state index is -0.352. The Kier molecular flexibility index (Phi) is 7.42. The third-order valence-electron chi connectivity index (χ3n) is 5.68. The molecule has 1 N–H and O–H groups in total. The summed E-state index contributed by atoms with van der Waals surface area (Å²) in [5, 5.41) is 3.94. The maximum atomic E-state index is 13.3. The van der Waals surface area contributed by atoms with Crippen molar-refractivity contribution in [2.75, 3.05) is 0 Å². The maximum Gasteiger partial charge on any atom is 0.282 e. The molecule has 1 aliphatic carbocycles. The summed E-state index contributed by atoms with van der Waals surface area (Å²) in [4.78, 5) is 39.3. The average molecular weight is 472 g/mol. The highest BCUT2D eigenvalue weighted by molar-refractivity contribution is 8.00. The number of fused-ring (bicyclic) bond motifs is 1. The maximum absolute atomic E-state index is 13.3. The standard InChI is InChI=1S/C23H26ClN5O2S/c1-2-18(21(30)27-17-6-4-3-5-7-17)32-23-28-20-19(25-12-13-26-20)22(31)29(23)14-15-8-10-16(24)11-9-15/h8-13,17-18H,2-7,14H2,1H3,(H,27,30)/t18-/m0/s1. The summed E-state index contributed by atoms with van der Waals surface area (Å²) in [6.07, 6.45) is 9.21. The van der Waals surface area contributed by atoms with Gasteiger partial charge in [0.05, 0.1) is 11.8 Å². The van der Waals surface area contributed by atoms with Gasteiger partial charge in [-0.25, -0.2) is 15.0 Å². The van der Waals surface area contributed by atoms with Crippen molar-refractivity contribution in [3.8, 4) is 0 Å². The second kappa shape index (κ2) is 10.4. The molecule has 2 heterocycles. The van der Waals surface area contributed by atoms with Crippen molar-refractivity contribution in [2.24, 2.45) is 0 Å². The number of hydrogen-bond acceptors (Lipinski definition) is 6. The number of halogens is 1. The smallest absolute Gasteiger partial charge is 0.282 e. The van der Waals surface area contributed by atoms with E-state index in [-0.39, 0.29) is 33.9 Å². The van der Waals surface area contributed by atoms with E-state index in [9.17, 15) is 9.59 Å². The molecule has 0 unspecified atom stereocenters. The van der Waals surface area contributed by atoms with Crippen molar-refractivity contribution in [3.05, 3.63) is 57.6 Å². The van der Waals surface area contributed by atoms with Gasteiger partial charge in [-0.2, -0.15) is 0 Å². The number of hydrogen-bond donors (Lipinski definition) is 1. The van der Waals surface area contributed by atoms with E-state index in [4.69, 9.17) is 11.6 Å². The first-order chi connectivity index (χ1) is 15.5. The molecule has 0 bridgehead atoms. The Morgan fingerprint density at radius 2 is 1.91 bits per heavy atom. The number of carbonyl (C=O) groups excluding carboxylic acids is 1. The van der Waals surface area contributed by atoms with E-state index in [0.717, 1.165) is 31.2 Å². The van der Waals surface area contributed by atoms with Crippen LogP contribution < -0.4 is 10.9 Å². The van der Waals surface area contributed by atoms with Crippen molar-refractivity contribution in [3.63, 3.8) is 0 Å². The first-order valence-corrected chi connectivity index (χ1v) is 12.2. The molecule has 0 radical (unpaired) electrons. The lowest BCUT2D eigenvalue weighted by atomic mass is 9.95. The molecule has 0 spiro atoms. The highest BCUT2D eigenvalue weighted by Crippen LogP contribution is 2.26. The second-order valence-electron chi connectivity index (χ2n) is 8.00. The zero-order chi connectivity index (χ0) is 22.5. The molecule has 1 fully saturated rings. The predicted octanol–water partition coefficient (Wildman–Crippen LogP) is 4.21. The van der Waals surface area contributed by atoms with E-state index >= 15 is 0 Å². The fourth-order valence-corrected chi connectivity index (χ4v) is 5.06. The van der Waals surface area contributed by atoms with Crippen LogP contribution >= 0.6 is 23.4 Å². The Balaban J connectivity index is 1.65. The molecule has 32 heavy (non-hydrogen) atoms. The fraction of sp³-hybridized carbons (Fsp3) is 0.435. The minimum Gasteiger partial charge on any atom is -0.352 e. The number of nitrogens with zero attached hydrogens (tertiary/aromatic N) is 4. The Hall–Kier alpha value is -2.45. The molecule has 1 aliphatic rings. The molecule has 0 saturated heterocycles. The largest absolute Gasteiger partial charge is 0.352 e. The van der Waals surface area contributed by atoms with Crippen LogP contribution in [0.15, 0.2) is 46.6 Å². The number of amides is 1.